The quantitative estimate of drug-likeness (QED) is 0.927. The van der Waals surface area contributed by atoms with Gasteiger partial charge in [0.2, 0.25) is 0 Å². The van der Waals surface area contributed by atoms with E-state index in [0.717, 1.165) is 23.2 Å². The maximum Gasteiger partial charge on any atom is 0.265 e. The summed E-state index contributed by atoms with van der Waals surface area (Å²) < 4.78 is 5.52. The smallest absolute Gasteiger partial charge is 0.265 e. The van der Waals surface area contributed by atoms with Crippen molar-refractivity contribution in [3.63, 3.8) is 0 Å². The highest BCUT2D eigenvalue weighted by molar-refractivity contribution is 8.13. The average molecular weight is 309 g/mol. The lowest BCUT2D eigenvalue weighted by molar-refractivity contribution is -0.112. The molecule has 4 nitrogen and oxygen atoms in total. The van der Waals surface area contributed by atoms with Gasteiger partial charge in [-0.15, -0.1) is 11.8 Å². The Balaban J connectivity index is 2.09. The zero-order valence-electron chi connectivity index (χ0n) is 11.0. The molecule has 1 N–H and O–H groups in total. The second kappa shape index (κ2) is 7.40. The van der Waals surface area contributed by atoms with Crippen LogP contribution in [-0.4, -0.2) is 29.1 Å². The van der Waals surface area contributed by atoms with Crippen LogP contribution in [0.1, 0.15) is 6.92 Å². The molecule has 1 aliphatic heterocycles. The molecule has 0 fully saturated rings. The molecule has 0 bridgehead atoms. The summed E-state index contributed by atoms with van der Waals surface area (Å²) in [5, 5.41) is 2.85. The van der Waals surface area contributed by atoms with E-state index < -0.39 is 0 Å². The molecule has 0 aliphatic carbocycles. The molecule has 6 heteroatoms. The molecule has 0 atom stereocenters. The molecule has 0 radical (unpaired) electrons. The van der Waals surface area contributed by atoms with Gasteiger partial charge in [0.15, 0.2) is 5.12 Å². The molecule has 0 unspecified atom stereocenters. The van der Waals surface area contributed by atoms with E-state index >= 15 is 0 Å². The summed E-state index contributed by atoms with van der Waals surface area (Å²) in [5.41, 5.74) is 0.745. The van der Waals surface area contributed by atoms with Gasteiger partial charge in [0.1, 0.15) is 10.7 Å². The van der Waals surface area contributed by atoms with Gasteiger partial charge in [0.05, 0.1) is 12.4 Å². The number of carbonyl (C=O) groups is 2. The third kappa shape index (κ3) is 4.31. The van der Waals surface area contributed by atoms with Crippen molar-refractivity contribution in [2.75, 3.05) is 23.4 Å². The molecule has 0 aromatic heterocycles. The maximum atomic E-state index is 12.3. The van der Waals surface area contributed by atoms with Crippen LogP contribution in [0.5, 0.6) is 0 Å². The zero-order valence-corrected chi connectivity index (χ0v) is 12.7. The van der Waals surface area contributed by atoms with Crippen LogP contribution in [0.25, 0.3) is 0 Å². The number of ether oxygens (including phenoxy) is 1. The van der Waals surface area contributed by atoms with E-state index in [4.69, 9.17) is 4.74 Å². The Labute approximate surface area is 126 Å². The minimum absolute atomic E-state index is 0.0134. The highest BCUT2D eigenvalue weighted by atomic mass is 32.2. The number of hydrogen-bond acceptors (Lipinski definition) is 5. The molecule has 0 saturated heterocycles. The number of carbonyl (C=O) groups excluding carboxylic acids is 2. The fourth-order valence-electron chi connectivity index (χ4n) is 1.63. The number of nitrogens with one attached hydrogen (secondary N) is 1. The number of thioether (sulfide) groups is 2. The molecule has 2 rings (SSSR count). The largest absolute Gasteiger partial charge is 0.495 e. The van der Waals surface area contributed by atoms with E-state index in [1.807, 2.05) is 30.3 Å². The molecule has 1 amide bonds. The molecule has 106 valence electrons. The highest BCUT2D eigenvalue weighted by Crippen LogP contribution is 2.29. The van der Waals surface area contributed by atoms with Crippen LogP contribution in [0.15, 0.2) is 41.0 Å². The standard InChI is InChI=1S/C14H15NO3S2/c1-10(16)20-9-12-13(19-8-7-18-12)14(17)15-11-5-3-2-4-6-11/h2-6H,7-9H2,1H3,(H,15,17). The molecule has 0 spiro atoms. The fourth-order valence-corrected chi connectivity index (χ4v) is 3.13. The van der Waals surface area contributed by atoms with Gasteiger partial charge in [0, 0.05) is 18.4 Å². The summed E-state index contributed by atoms with van der Waals surface area (Å²) in [5.74, 6) is 1.56. The van der Waals surface area contributed by atoms with Gasteiger partial charge in [0.25, 0.3) is 5.91 Å². The van der Waals surface area contributed by atoms with E-state index in [2.05, 4.69) is 5.32 Å². The van der Waals surface area contributed by atoms with Crippen LogP contribution < -0.4 is 5.32 Å². The lowest BCUT2D eigenvalue weighted by Gasteiger charge is -2.20. The molecule has 0 saturated carbocycles. The SMILES string of the molecule is CC(=O)SCC1=C(C(=O)Nc2ccccc2)SCCO1. The fraction of sp³-hybridized carbons (Fsp3) is 0.286. The van der Waals surface area contributed by atoms with E-state index in [-0.39, 0.29) is 11.0 Å². The van der Waals surface area contributed by atoms with E-state index in [0.29, 0.717) is 23.0 Å². The monoisotopic (exact) mass is 309 g/mol. The Hall–Kier alpha value is -1.40. The minimum atomic E-state index is -0.181. The van der Waals surface area contributed by atoms with Crippen LogP contribution in [0.2, 0.25) is 0 Å². The van der Waals surface area contributed by atoms with Gasteiger partial charge < -0.3 is 10.1 Å². The molecule has 1 aromatic carbocycles. The predicted molar refractivity (Wildman–Crippen MR) is 83.6 cm³/mol. The van der Waals surface area contributed by atoms with Gasteiger partial charge in [-0.2, -0.15) is 0 Å². The van der Waals surface area contributed by atoms with Crippen LogP contribution in [0.4, 0.5) is 5.69 Å². The number of hydrogen-bond donors (Lipinski definition) is 1. The third-order valence-electron chi connectivity index (χ3n) is 2.50. The second-order valence-electron chi connectivity index (χ2n) is 4.05. The second-order valence-corrected chi connectivity index (χ2v) is 6.31. The topological polar surface area (TPSA) is 55.4 Å². The Morgan fingerprint density at radius 1 is 1.35 bits per heavy atom. The van der Waals surface area contributed by atoms with E-state index in [9.17, 15) is 9.59 Å². The van der Waals surface area contributed by atoms with Gasteiger partial charge in [-0.1, -0.05) is 30.0 Å². The highest BCUT2D eigenvalue weighted by Gasteiger charge is 2.22. The normalized spacial score (nSPS) is 14.7. The predicted octanol–water partition coefficient (Wildman–Crippen LogP) is 2.88. The number of benzene rings is 1. The van der Waals surface area contributed by atoms with Crippen molar-refractivity contribution in [2.24, 2.45) is 0 Å². The van der Waals surface area contributed by atoms with Gasteiger partial charge in [-0.05, 0) is 12.1 Å². The number of anilines is 1. The van der Waals surface area contributed by atoms with Crippen molar-refractivity contribution in [3.8, 4) is 0 Å². The Morgan fingerprint density at radius 2 is 2.10 bits per heavy atom. The first-order valence-corrected chi connectivity index (χ1v) is 8.12. The van der Waals surface area contributed by atoms with Gasteiger partial charge in [-0.25, -0.2) is 0 Å². The lowest BCUT2D eigenvalue weighted by atomic mass is 10.3. The summed E-state index contributed by atoms with van der Waals surface area (Å²) in [7, 11) is 0. The third-order valence-corrected chi connectivity index (χ3v) is 4.39. The molecule has 1 aliphatic rings. The lowest BCUT2D eigenvalue weighted by Crippen LogP contribution is -2.20. The van der Waals surface area contributed by atoms with Crippen molar-refractivity contribution in [1.29, 1.82) is 0 Å². The van der Waals surface area contributed by atoms with E-state index in [1.165, 1.54) is 18.7 Å². The number of amides is 1. The van der Waals surface area contributed by atoms with Crippen LogP contribution in [0.3, 0.4) is 0 Å². The van der Waals surface area contributed by atoms with Crippen molar-refractivity contribution in [1.82, 2.24) is 0 Å². The molecular formula is C14H15NO3S2. The zero-order chi connectivity index (χ0) is 14.4. The first-order valence-electron chi connectivity index (χ1n) is 6.15. The van der Waals surface area contributed by atoms with Gasteiger partial charge >= 0.3 is 0 Å². The average Bonchev–Trinajstić information content (AvgIpc) is 2.46. The summed E-state index contributed by atoms with van der Waals surface area (Å²) >= 11 is 2.62. The van der Waals surface area contributed by atoms with Crippen molar-refractivity contribution in [3.05, 3.63) is 41.0 Å². The number of rotatable bonds is 4. The summed E-state index contributed by atoms with van der Waals surface area (Å²) in [6.07, 6.45) is 0. The summed E-state index contributed by atoms with van der Waals surface area (Å²) in [6.45, 7) is 2.07. The van der Waals surface area contributed by atoms with Gasteiger partial charge in [-0.3, -0.25) is 9.59 Å². The Morgan fingerprint density at radius 3 is 2.80 bits per heavy atom. The van der Waals surface area contributed by atoms with Crippen LogP contribution in [-0.2, 0) is 14.3 Å². The molecule has 1 aromatic rings. The molecular weight excluding hydrogens is 294 g/mol. The van der Waals surface area contributed by atoms with Crippen molar-refractivity contribution < 1.29 is 14.3 Å². The summed E-state index contributed by atoms with van der Waals surface area (Å²) in [6, 6.07) is 9.28. The van der Waals surface area contributed by atoms with Crippen LogP contribution >= 0.6 is 23.5 Å². The minimum Gasteiger partial charge on any atom is -0.495 e. The van der Waals surface area contributed by atoms with Crippen molar-refractivity contribution >= 4 is 40.2 Å². The first-order chi connectivity index (χ1) is 9.66. The number of para-hydroxylation sites is 1. The Kier molecular flexibility index (Phi) is 5.55. The molecule has 1 heterocycles. The molecule has 20 heavy (non-hydrogen) atoms. The first kappa shape index (κ1) is 15.0. The maximum absolute atomic E-state index is 12.3. The summed E-state index contributed by atoms with van der Waals surface area (Å²) in [4.78, 5) is 23.9. The van der Waals surface area contributed by atoms with Crippen LogP contribution in [0, 0.1) is 0 Å². The van der Waals surface area contributed by atoms with Crippen molar-refractivity contribution in [2.45, 2.75) is 6.92 Å². The Bertz CT molecular complexity index is 528. The van der Waals surface area contributed by atoms with E-state index in [1.54, 1.807) is 0 Å².